The minimum absolute atomic E-state index is 0.0909. The van der Waals surface area contributed by atoms with Crippen LogP contribution in [0.3, 0.4) is 0 Å². The summed E-state index contributed by atoms with van der Waals surface area (Å²) in [4.78, 5) is 2.91. The van der Waals surface area contributed by atoms with Gasteiger partial charge in [0.2, 0.25) is 5.95 Å². The van der Waals surface area contributed by atoms with Gasteiger partial charge in [0.1, 0.15) is 0 Å². The summed E-state index contributed by atoms with van der Waals surface area (Å²) in [5, 5.41) is 21.6. The first kappa shape index (κ1) is 20.9. The zero-order chi connectivity index (χ0) is 21.8. The molecule has 1 fully saturated rings. The predicted molar refractivity (Wildman–Crippen MR) is 118 cm³/mol. The summed E-state index contributed by atoms with van der Waals surface area (Å²) in [7, 11) is -3.74. The first-order valence-electron chi connectivity index (χ1n) is 11.3. The summed E-state index contributed by atoms with van der Waals surface area (Å²) in [5.74, 6) is 0.465. The number of benzene rings is 1. The van der Waals surface area contributed by atoms with Crippen LogP contribution in [0.2, 0.25) is 0 Å². The van der Waals surface area contributed by atoms with E-state index in [2.05, 4.69) is 26.6 Å². The second-order valence-corrected chi connectivity index (χ2v) is 11.5. The molecule has 0 saturated carbocycles. The number of aliphatic hydroxyl groups is 1. The normalized spacial score (nSPS) is 20.1. The average Bonchev–Trinajstić information content (AvgIpc) is 3.47. The molecule has 0 spiro atoms. The Morgan fingerprint density at radius 2 is 1.68 bits per heavy atom. The number of nitrogens with zero attached hydrogens (tertiary/aromatic N) is 3. The van der Waals surface area contributed by atoms with Gasteiger partial charge in [-0.05, 0) is 93.4 Å². The first-order valence-corrected chi connectivity index (χ1v) is 12.8. The van der Waals surface area contributed by atoms with Gasteiger partial charge in [-0.15, -0.1) is 10.2 Å². The van der Waals surface area contributed by atoms with Crippen molar-refractivity contribution in [3.63, 3.8) is 0 Å². The highest BCUT2D eigenvalue weighted by molar-refractivity contribution is 7.88. The number of hydrogen-bond donors (Lipinski definition) is 3. The zero-order valence-corrected chi connectivity index (χ0v) is 19.1. The second kappa shape index (κ2) is 7.56. The number of aromatic nitrogens is 3. The fourth-order valence-electron chi connectivity index (χ4n) is 5.43. The maximum atomic E-state index is 13.1. The van der Waals surface area contributed by atoms with Crippen LogP contribution in [0.15, 0.2) is 11.2 Å². The summed E-state index contributed by atoms with van der Waals surface area (Å²) in [6.45, 7) is 4.32. The van der Waals surface area contributed by atoms with Crippen LogP contribution < -0.4 is 5.32 Å². The van der Waals surface area contributed by atoms with Crippen LogP contribution in [0.1, 0.15) is 61.8 Å². The number of hydrogen-bond acceptors (Lipinski definition) is 6. The van der Waals surface area contributed by atoms with E-state index in [1.807, 2.05) is 0 Å². The lowest BCUT2D eigenvalue weighted by molar-refractivity contribution is -0.00379. The molecule has 2 aliphatic carbocycles. The highest BCUT2D eigenvalue weighted by Gasteiger charge is 2.36. The van der Waals surface area contributed by atoms with Crippen LogP contribution in [0, 0.1) is 5.92 Å². The first-order chi connectivity index (χ1) is 14.7. The molecule has 0 atom stereocenters. The summed E-state index contributed by atoms with van der Waals surface area (Å²) < 4.78 is 27.6. The lowest BCUT2D eigenvalue weighted by Crippen LogP contribution is -2.44. The lowest BCUT2D eigenvalue weighted by Gasteiger charge is -2.36. The molecule has 3 N–H and O–H groups in total. The van der Waals surface area contributed by atoms with Gasteiger partial charge in [0.25, 0.3) is 15.2 Å². The minimum atomic E-state index is -3.74. The monoisotopic (exact) mass is 445 g/mol. The van der Waals surface area contributed by atoms with Crippen LogP contribution in [0.5, 0.6) is 0 Å². The van der Waals surface area contributed by atoms with Crippen LogP contribution in [-0.4, -0.2) is 51.7 Å². The van der Waals surface area contributed by atoms with Gasteiger partial charge in [0.05, 0.1) is 5.60 Å². The summed E-state index contributed by atoms with van der Waals surface area (Å²) in [6.07, 6.45) is 7.87. The molecule has 0 amide bonds. The summed E-state index contributed by atoms with van der Waals surface area (Å²) in [5.41, 5.74) is 5.81. The molecule has 1 aliphatic heterocycles. The highest BCUT2D eigenvalue weighted by atomic mass is 32.2. The Morgan fingerprint density at radius 1 is 1.06 bits per heavy atom. The van der Waals surface area contributed by atoms with Crippen molar-refractivity contribution in [3.05, 3.63) is 28.3 Å². The zero-order valence-electron chi connectivity index (χ0n) is 18.2. The molecule has 5 rings (SSSR count). The van der Waals surface area contributed by atoms with Crippen molar-refractivity contribution in [3.8, 4) is 0 Å². The van der Waals surface area contributed by atoms with E-state index in [-0.39, 0.29) is 11.1 Å². The quantitative estimate of drug-likeness (QED) is 0.653. The smallest absolute Gasteiger partial charge is 0.278 e. The van der Waals surface area contributed by atoms with E-state index < -0.39 is 15.6 Å². The Bertz CT molecular complexity index is 1060. The molecule has 1 aromatic carbocycles. The van der Waals surface area contributed by atoms with E-state index in [1.54, 1.807) is 13.8 Å². The summed E-state index contributed by atoms with van der Waals surface area (Å²) >= 11 is 0. The number of aromatic amines is 1. The van der Waals surface area contributed by atoms with Gasteiger partial charge < -0.3 is 10.4 Å². The van der Waals surface area contributed by atoms with Crippen LogP contribution >= 0.6 is 0 Å². The van der Waals surface area contributed by atoms with Gasteiger partial charge in [0, 0.05) is 18.8 Å². The van der Waals surface area contributed by atoms with Crippen molar-refractivity contribution in [2.45, 2.75) is 76.0 Å². The highest BCUT2D eigenvalue weighted by Crippen LogP contribution is 2.39. The summed E-state index contributed by atoms with van der Waals surface area (Å²) in [6, 6.07) is 2.36. The molecule has 168 valence electrons. The number of nitrogens with one attached hydrogen (secondary N) is 2. The van der Waals surface area contributed by atoms with E-state index in [0.717, 1.165) is 44.2 Å². The average molecular weight is 446 g/mol. The van der Waals surface area contributed by atoms with E-state index in [0.29, 0.717) is 31.9 Å². The molecule has 0 bridgehead atoms. The number of aryl methyl sites for hydroxylation is 2. The van der Waals surface area contributed by atoms with Crippen molar-refractivity contribution < 1.29 is 13.5 Å². The number of anilines is 2. The molecule has 1 aromatic heterocycles. The van der Waals surface area contributed by atoms with Gasteiger partial charge in [-0.25, -0.2) is 8.42 Å². The van der Waals surface area contributed by atoms with Crippen LogP contribution in [0.25, 0.3) is 0 Å². The largest absolute Gasteiger partial charge is 0.390 e. The van der Waals surface area contributed by atoms with Gasteiger partial charge in [-0.1, -0.05) is 6.07 Å². The fraction of sp³-hybridized carbons (Fsp3) is 0.636. The Kier molecular flexibility index (Phi) is 5.10. The fourth-order valence-corrected chi connectivity index (χ4v) is 6.74. The molecule has 31 heavy (non-hydrogen) atoms. The Hall–Kier alpha value is -1.97. The second-order valence-electron chi connectivity index (χ2n) is 9.67. The number of piperidine rings is 1. The molecular weight excluding hydrogens is 414 g/mol. The lowest BCUT2D eigenvalue weighted by atomic mass is 9.84. The van der Waals surface area contributed by atoms with E-state index in [9.17, 15) is 13.5 Å². The SMILES string of the molecule is CC(C)(O)C1CCN(S(=O)(=O)c2nnc(Nc3c4c(cc5c3CCC5)CCC4)[nH]2)CC1. The Morgan fingerprint density at radius 3 is 2.26 bits per heavy atom. The van der Waals surface area contributed by atoms with E-state index in [4.69, 9.17) is 0 Å². The number of rotatable bonds is 5. The van der Waals surface area contributed by atoms with Crippen molar-refractivity contribution in [2.75, 3.05) is 18.4 Å². The van der Waals surface area contributed by atoms with Crippen molar-refractivity contribution >= 4 is 21.7 Å². The third kappa shape index (κ3) is 3.76. The predicted octanol–water partition coefficient (Wildman–Crippen LogP) is 2.70. The van der Waals surface area contributed by atoms with Gasteiger partial charge in [-0.3, -0.25) is 4.98 Å². The number of sulfonamides is 1. The number of fused-ring (bicyclic) bond motifs is 2. The minimum Gasteiger partial charge on any atom is -0.390 e. The van der Waals surface area contributed by atoms with Gasteiger partial charge in [0.15, 0.2) is 0 Å². The standard InChI is InChI=1S/C22H31N5O3S/c1-22(2,28)16-9-11-27(12-10-16)31(29,30)21-24-20(25-26-21)23-19-17-7-3-5-14(17)13-15-6-4-8-18(15)19/h13,16,28H,3-12H2,1-2H3,(H2,23,24,25,26). The van der Waals surface area contributed by atoms with Crippen molar-refractivity contribution in [1.82, 2.24) is 19.5 Å². The van der Waals surface area contributed by atoms with Gasteiger partial charge >= 0.3 is 0 Å². The Labute approximate surface area is 183 Å². The molecule has 2 aromatic rings. The third-order valence-corrected chi connectivity index (χ3v) is 8.94. The molecule has 9 heteroatoms. The molecule has 0 radical (unpaired) electrons. The molecule has 0 unspecified atom stereocenters. The Balaban J connectivity index is 1.36. The molecule has 8 nitrogen and oxygen atoms in total. The maximum Gasteiger partial charge on any atom is 0.278 e. The topological polar surface area (TPSA) is 111 Å². The number of H-pyrrole nitrogens is 1. The van der Waals surface area contributed by atoms with Crippen LogP contribution in [-0.2, 0) is 35.7 Å². The van der Waals surface area contributed by atoms with E-state index >= 15 is 0 Å². The third-order valence-electron chi connectivity index (χ3n) is 7.22. The van der Waals surface area contributed by atoms with E-state index in [1.165, 1.54) is 26.6 Å². The van der Waals surface area contributed by atoms with Crippen molar-refractivity contribution in [1.29, 1.82) is 0 Å². The molecule has 1 saturated heterocycles. The van der Waals surface area contributed by atoms with Crippen molar-refractivity contribution in [2.24, 2.45) is 5.92 Å². The molecular formula is C22H31N5O3S. The van der Waals surface area contributed by atoms with Gasteiger partial charge in [-0.2, -0.15) is 4.31 Å². The van der Waals surface area contributed by atoms with Crippen LogP contribution in [0.4, 0.5) is 11.6 Å². The maximum absolute atomic E-state index is 13.1. The molecule has 3 aliphatic rings. The molecule has 2 heterocycles.